The van der Waals surface area contributed by atoms with Gasteiger partial charge in [-0.15, -0.1) is 10.2 Å². The maximum Gasteiger partial charge on any atom is 0.198 e. The topological polar surface area (TPSA) is 69.6 Å². The second-order valence-electron chi connectivity index (χ2n) is 5.48. The molecule has 6 nitrogen and oxygen atoms in total. The summed E-state index contributed by atoms with van der Waals surface area (Å²) < 4.78 is 12.6. The molecule has 4 rings (SSSR count). The fourth-order valence-electron chi connectivity index (χ4n) is 2.49. The molecule has 0 aliphatic carbocycles. The van der Waals surface area contributed by atoms with Crippen LogP contribution in [0.3, 0.4) is 0 Å². The Bertz CT molecular complexity index is 990. The molecule has 0 atom stereocenters. The molecule has 0 aliphatic heterocycles. The number of nitrogens with zero attached hydrogens (tertiary/aromatic N) is 5. The first-order chi connectivity index (χ1) is 12.2. The van der Waals surface area contributed by atoms with Crippen molar-refractivity contribution in [3.8, 4) is 11.4 Å². The molecule has 0 N–H and O–H groups in total. The molecule has 0 radical (unpaired) electrons. The molecule has 3 heterocycles. The summed E-state index contributed by atoms with van der Waals surface area (Å²) in [4.78, 5) is 4.41. The van der Waals surface area contributed by atoms with Gasteiger partial charge in [0.15, 0.2) is 15.3 Å². The summed E-state index contributed by atoms with van der Waals surface area (Å²) >= 11 is 2.85. The van der Waals surface area contributed by atoms with E-state index in [2.05, 4.69) is 36.3 Å². The van der Waals surface area contributed by atoms with Crippen LogP contribution in [0.2, 0.25) is 0 Å². The lowest BCUT2D eigenvalue weighted by atomic mass is 10.2. The third kappa shape index (κ3) is 3.35. The van der Waals surface area contributed by atoms with E-state index in [1.807, 2.05) is 38.1 Å². The van der Waals surface area contributed by atoms with Gasteiger partial charge in [0.05, 0.1) is 18.4 Å². The van der Waals surface area contributed by atoms with Crippen molar-refractivity contribution in [1.29, 1.82) is 0 Å². The molecule has 1 aromatic carbocycles. The van der Waals surface area contributed by atoms with Crippen LogP contribution in [0, 0.1) is 13.8 Å². The minimum Gasteiger partial charge on any atom is -0.469 e. The van der Waals surface area contributed by atoms with E-state index in [1.165, 1.54) is 28.9 Å². The van der Waals surface area contributed by atoms with Crippen LogP contribution in [0.25, 0.3) is 11.4 Å². The highest BCUT2D eigenvalue weighted by Gasteiger charge is 2.19. The van der Waals surface area contributed by atoms with Crippen molar-refractivity contribution in [3.05, 3.63) is 59.8 Å². The normalized spacial score (nSPS) is 11.1. The number of furan rings is 1. The molecule has 126 valence electrons. The van der Waals surface area contributed by atoms with Crippen LogP contribution in [0.1, 0.15) is 17.1 Å². The largest absolute Gasteiger partial charge is 0.469 e. The van der Waals surface area contributed by atoms with Crippen LogP contribution >= 0.6 is 23.3 Å². The van der Waals surface area contributed by atoms with Crippen molar-refractivity contribution < 1.29 is 4.42 Å². The second kappa shape index (κ2) is 6.81. The summed E-state index contributed by atoms with van der Waals surface area (Å²) in [7, 11) is 0. The summed E-state index contributed by atoms with van der Waals surface area (Å²) in [6, 6.07) is 12.2. The lowest BCUT2D eigenvalue weighted by Crippen LogP contribution is -2.04. The van der Waals surface area contributed by atoms with E-state index < -0.39 is 0 Å². The summed E-state index contributed by atoms with van der Waals surface area (Å²) in [5, 5.41) is 9.58. The second-order valence-corrected chi connectivity index (χ2v) is 7.44. The van der Waals surface area contributed by atoms with Gasteiger partial charge in [-0.1, -0.05) is 30.3 Å². The van der Waals surface area contributed by atoms with Gasteiger partial charge in [0.1, 0.15) is 11.6 Å². The number of rotatable bonds is 5. The number of hydrogen-bond donors (Lipinski definition) is 0. The van der Waals surface area contributed by atoms with Gasteiger partial charge in [-0.3, -0.25) is 4.57 Å². The average molecular weight is 369 g/mol. The highest BCUT2D eigenvalue weighted by Crippen LogP contribution is 2.32. The molecule has 8 heteroatoms. The maximum absolute atomic E-state index is 5.45. The molecule has 0 bridgehead atoms. The Balaban J connectivity index is 1.76. The van der Waals surface area contributed by atoms with Crippen molar-refractivity contribution in [2.45, 2.75) is 29.9 Å². The van der Waals surface area contributed by atoms with Crippen LogP contribution in [0.15, 0.2) is 56.6 Å². The number of aromatic nitrogens is 5. The smallest absolute Gasteiger partial charge is 0.198 e. The molecular formula is C17H15N5OS2. The van der Waals surface area contributed by atoms with Crippen molar-refractivity contribution in [3.63, 3.8) is 0 Å². The predicted octanol–water partition coefficient (Wildman–Crippen LogP) is 4.21. The van der Waals surface area contributed by atoms with E-state index in [1.54, 1.807) is 6.26 Å². The first kappa shape index (κ1) is 16.0. The van der Waals surface area contributed by atoms with E-state index >= 15 is 0 Å². The highest BCUT2D eigenvalue weighted by molar-refractivity contribution is 8.00. The lowest BCUT2D eigenvalue weighted by molar-refractivity contribution is 0.534. The van der Waals surface area contributed by atoms with Gasteiger partial charge in [-0.25, -0.2) is 4.98 Å². The van der Waals surface area contributed by atoms with Crippen molar-refractivity contribution in [2.75, 3.05) is 0 Å². The zero-order valence-corrected chi connectivity index (χ0v) is 15.3. The van der Waals surface area contributed by atoms with Crippen LogP contribution in [0.5, 0.6) is 0 Å². The quantitative estimate of drug-likeness (QED) is 0.525. The summed E-state index contributed by atoms with van der Waals surface area (Å²) in [5.41, 5.74) is 2.13. The molecule has 0 spiro atoms. The molecule has 0 aliphatic rings. The minimum atomic E-state index is 0.675. The SMILES string of the molecule is Cc1nsc(Sc2nnc(-c3ccoc3C)n2Cc2ccccc2)n1. The molecular weight excluding hydrogens is 354 g/mol. The third-order valence-corrected chi connectivity index (χ3v) is 5.51. The fraction of sp³-hybridized carbons (Fsp3) is 0.176. The lowest BCUT2D eigenvalue weighted by Gasteiger charge is -2.09. The van der Waals surface area contributed by atoms with Crippen LogP contribution < -0.4 is 0 Å². The van der Waals surface area contributed by atoms with Crippen LogP contribution in [-0.2, 0) is 6.54 Å². The first-order valence-electron chi connectivity index (χ1n) is 7.70. The molecule has 0 amide bonds. The molecule has 0 fully saturated rings. The average Bonchev–Trinajstić information content (AvgIpc) is 3.31. The van der Waals surface area contributed by atoms with E-state index in [4.69, 9.17) is 4.42 Å². The monoisotopic (exact) mass is 369 g/mol. The Morgan fingerprint density at radius 1 is 1.12 bits per heavy atom. The van der Waals surface area contributed by atoms with Gasteiger partial charge in [0, 0.05) is 0 Å². The Labute approximate surface area is 153 Å². The first-order valence-corrected chi connectivity index (χ1v) is 9.29. The van der Waals surface area contributed by atoms with Gasteiger partial charge < -0.3 is 4.42 Å². The minimum absolute atomic E-state index is 0.675. The molecule has 4 aromatic rings. The van der Waals surface area contributed by atoms with Gasteiger partial charge in [-0.2, -0.15) is 4.37 Å². The summed E-state index contributed by atoms with van der Waals surface area (Å²) in [6.45, 7) is 4.49. The maximum atomic E-state index is 5.45. The van der Waals surface area contributed by atoms with Crippen molar-refractivity contribution >= 4 is 23.3 Å². The van der Waals surface area contributed by atoms with E-state index in [-0.39, 0.29) is 0 Å². The standard InChI is InChI=1S/C17H15N5OS2/c1-11-14(8-9-23-11)15-19-20-16(24-17-18-12(2)21-25-17)22(15)10-13-6-4-3-5-7-13/h3-9H,10H2,1-2H3. The molecule has 25 heavy (non-hydrogen) atoms. The van der Waals surface area contributed by atoms with E-state index in [9.17, 15) is 0 Å². The Kier molecular flexibility index (Phi) is 4.37. The molecule has 3 aromatic heterocycles. The Morgan fingerprint density at radius 3 is 2.64 bits per heavy atom. The van der Waals surface area contributed by atoms with Crippen LogP contribution in [0.4, 0.5) is 0 Å². The van der Waals surface area contributed by atoms with Gasteiger partial charge in [0.2, 0.25) is 0 Å². The Morgan fingerprint density at radius 2 is 1.96 bits per heavy atom. The van der Waals surface area contributed by atoms with Crippen molar-refractivity contribution in [2.24, 2.45) is 0 Å². The zero-order chi connectivity index (χ0) is 17.2. The van der Waals surface area contributed by atoms with Gasteiger partial charge in [0.25, 0.3) is 0 Å². The number of benzene rings is 1. The summed E-state index contributed by atoms with van der Waals surface area (Å²) in [5.74, 6) is 2.39. The number of hydrogen-bond acceptors (Lipinski definition) is 7. The highest BCUT2D eigenvalue weighted by atomic mass is 32.2. The molecule has 0 unspecified atom stereocenters. The van der Waals surface area contributed by atoms with Gasteiger partial charge >= 0.3 is 0 Å². The van der Waals surface area contributed by atoms with E-state index in [0.29, 0.717) is 6.54 Å². The van der Waals surface area contributed by atoms with E-state index in [0.717, 1.165) is 32.5 Å². The van der Waals surface area contributed by atoms with Crippen LogP contribution in [-0.4, -0.2) is 24.1 Å². The Hall–Kier alpha value is -2.45. The zero-order valence-electron chi connectivity index (χ0n) is 13.7. The van der Waals surface area contributed by atoms with Crippen molar-refractivity contribution in [1.82, 2.24) is 24.1 Å². The molecule has 0 saturated carbocycles. The summed E-state index contributed by atoms with van der Waals surface area (Å²) in [6.07, 6.45) is 1.67. The molecule has 0 saturated heterocycles. The number of aryl methyl sites for hydroxylation is 2. The van der Waals surface area contributed by atoms with Gasteiger partial charge in [-0.05, 0) is 48.8 Å². The predicted molar refractivity (Wildman–Crippen MR) is 96.8 cm³/mol. The third-order valence-electron chi connectivity index (χ3n) is 3.69. The fourth-order valence-corrected chi connectivity index (χ4v) is 4.07.